The molecule has 0 radical (unpaired) electrons. The molecule has 2 amide bonds. The van der Waals surface area contributed by atoms with E-state index in [2.05, 4.69) is 38.3 Å². The number of carbonyl (C=O) groups is 2. The molecule has 45 heavy (non-hydrogen) atoms. The van der Waals surface area contributed by atoms with Crippen molar-refractivity contribution in [2.24, 2.45) is 51.2 Å². The van der Waals surface area contributed by atoms with Gasteiger partial charge in [0.2, 0.25) is 5.91 Å². The third-order valence-corrected chi connectivity index (χ3v) is 14.5. The molecule has 7 nitrogen and oxygen atoms in total. The van der Waals surface area contributed by atoms with Crippen LogP contribution in [0.4, 0.5) is 0 Å². The largest absolute Gasteiger partial charge is 0.394 e. The van der Waals surface area contributed by atoms with Gasteiger partial charge in [0.15, 0.2) is 0 Å². The van der Waals surface area contributed by atoms with E-state index >= 15 is 0 Å². The molecule has 0 bridgehead atoms. The summed E-state index contributed by atoms with van der Waals surface area (Å²) in [6, 6.07) is 7.42. The smallest absolute Gasteiger partial charge is 0.251 e. The summed E-state index contributed by atoms with van der Waals surface area (Å²) in [5.74, 6) is 3.06. The Hall–Kier alpha value is -1.96. The number of amides is 2. The summed E-state index contributed by atoms with van der Waals surface area (Å²) < 4.78 is 0. The molecule has 0 saturated heterocycles. The fraction of sp³-hybridized carbons (Fsp3) is 0.789. The van der Waals surface area contributed by atoms with Gasteiger partial charge in [0, 0.05) is 18.7 Å². The van der Waals surface area contributed by atoms with Gasteiger partial charge >= 0.3 is 0 Å². The third kappa shape index (κ3) is 5.47. The van der Waals surface area contributed by atoms with Gasteiger partial charge in [-0.1, -0.05) is 46.2 Å². The Kier molecular flexibility index (Phi) is 8.97. The van der Waals surface area contributed by atoms with E-state index in [4.69, 9.17) is 5.11 Å². The van der Waals surface area contributed by atoms with E-state index in [1.807, 2.05) is 18.2 Å². The first kappa shape index (κ1) is 33.0. The second kappa shape index (κ2) is 12.2. The second-order valence-corrected chi connectivity index (χ2v) is 16.8. The van der Waals surface area contributed by atoms with Crippen LogP contribution >= 0.6 is 0 Å². The molecule has 10 atom stereocenters. The molecule has 5 N–H and O–H groups in total. The highest BCUT2D eigenvalue weighted by Gasteiger charge is 2.67. The van der Waals surface area contributed by atoms with Crippen molar-refractivity contribution in [1.82, 2.24) is 10.6 Å². The number of rotatable bonds is 8. The van der Waals surface area contributed by atoms with Crippen molar-refractivity contribution in [3.63, 3.8) is 0 Å². The summed E-state index contributed by atoms with van der Waals surface area (Å²) in [4.78, 5) is 26.6. The monoisotopic (exact) mass is 622 g/mol. The molecule has 1 aromatic carbocycles. The highest BCUT2D eigenvalue weighted by molar-refractivity contribution is 5.94. The normalized spacial score (nSPS) is 40.7. The molecule has 0 aromatic heterocycles. The fourth-order valence-electron chi connectivity index (χ4n) is 12.3. The van der Waals surface area contributed by atoms with Crippen molar-refractivity contribution >= 4 is 11.8 Å². The van der Waals surface area contributed by atoms with E-state index in [1.165, 1.54) is 32.1 Å². The van der Waals surface area contributed by atoms with E-state index in [1.54, 1.807) is 6.07 Å². The van der Waals surface area contributed by atoms with Crippen molar-refractivity contribution in [2.75, 3.05) is 19.7 Å². The Morgan fingerprint density at radius 3 is 2.44 bits per heavy atom. The molecule has 5 aliphatic rings. The van der Waals surface area contributed by atoms with Crippen LogP contribution in [0.25, 0.3) is 0 Å². The molecular weight excluding hydrogens is 564 g/mol. The van der Waals surface area contributed by atoms with Crippen LogP contribution in [0.5, 0.6) is 0 Å². The topological polar surface area (TPSA) is 119 Å². The number of hydrogen-bond donors (Lipinski definition) is 5. The van der Waals surface area contributed by atoms with Gasteiger partial charge in [-0.3, -0.25) is 9.59 Å². The Bertz CT molecular complexity index is 1270. The zero-order valence-electron chi connectivity index (χ0n) is 28.1. The van der Waals surface area contributed by atoms with Crippen LogP contribution in [0.2, 0.25) is 0 Å². The third-order valence-electron chi connectivity index (χ3n) is 14.5. The quantitative estimate of drug-likeness (QED) is 0.271. The molecule has 0 spiro atoms. The van der Waals surface area contributed by atoms with Crippen molar-refractivity contribution in [3.8, 4) is 0 Å². The number of carbonyl (C=O) groups excluding carboxylic acids is 2. The number of aliphatic hydroxyl groups is 3. The van der Waals surface area contributed by atoms with Crippen molar-refractivity contribution < 1.29 is 24.9 Å². The molecule has 7 heteroatoms. The fourth-order valence-corrected chi connectivity index (χ4v) is 12.3. The molecule has 5 aliphatic carbocycles. The summed E-state index contributed by atoms with van der Waals surface area (Å²) in [5.41, 5.74) is 1.86. The Balaban J connectivity index is 1.11. The van der Waals surface area contributed by atoms with Crippen LogP contribution in [0.15, 0.2) is 24.3 Å². The average molecular weight is 623 g/mol. The number of fused-ring (bicyclic) bond motifs is 7. The number of nitrogens with one attached hydrogen (secondary N) is 2. The van der Waals surface area contributed by atoms with Gasteiger partial charge < -0.3 is 26.0 Å². The average Bonchev–Trinajstić information content (AvgIpc) is 3.48. The van der Waals surface area contributed by atoms with E-state index in [0.717, 1.165) is 44.1 Å². The molecule has 10 unspecified atom stereocenters. The first-order valence-corrected chi connectivity index (χ1v) is 18.0. The van der Waals surface area contributed by atoms with Crippen LogP contribution in [0, 0.1) is 51.2 Å². The van der Waals surface area contributed by atoms with E-state index in [9.17, 15) is 19.8 Å². The van der Waals surface area contributed by atoms with Crippen molar-refractivity contribution in [2.45, 2.75) is 117 Å². The van der Waals surface area contributed by atoms with Gasteiger partial charge in [0.1, 0.15) is 0 Å². The van der Waals surface area contributed by atoms with Crippen molar-refractivity contribution in [1.29, 1.82) is 0 Å². The summed E-state index contributed by atoms with van der Waals surface area (Å²) in [5, 5.41) is 35.5. The standard InChI is InChI=1S/C38H58N2O5/c1-35(2)30-13-17-36(3)28-12-19-38(16-6-9-29(38)27(28)10-11-31(36)37(30,4)18-14-32(35)43)34(45)39-20-15-24-7-5-8-25(21-24)33(44)40-22-26(42)23-41/h5,7-8,21,26-32,41-43H,6,9-20,22-23H2,1-4H3,(H,39,45)(H,40,44). The Morgan fingerprint density at radius 1 is 0.889 bits per heavy atom. The van der Waals surface area contributed by atoms with Crippen LogP contribution in [-0.2, 0) is 11.2 Å². The molecule has 0 heterocycles. The molecule has 6 rings (SSSR count). The van der Waals surface area contributed by atoms with Crippen LogP contribution < -0.4 is 10.6 Å². The maximum absolute atomic E-state index is 14.1. The lowest BCUT2D eigenvalue weighted by Crippen LogP contribution is -2.63. The molecule has 5 saturated carbocycles. The number of aliphatic hydroxyl groups excluding tert-OH is 3. The predicted molar refractivity (Wildman–Crippen MR) is 175 cm³/mol. The molecular formula is C38H58N2O5. The van der Waals surface area contributed by atoms with Gasteiger partial charge in [-0.25, -0.2) is 0 Å². The number of hydrogen-bond acceptors (Lipinski definition) is 5. The molecule has 0 aliphatic heterocycles. The summed E-state index contributed by atoms with van der Waals surface area (Å²) >= 11 is 0. The SMILES string of the molecule is CC1(C)C(O)CCC2(C)C1CCC1(C)C3CCC4(C(=O)NCCc5cccc(C(=O)NCC(O)CO)c5)CCCC4C3CCC12. The first-order valence-electron chi connectivity index (χ1n) is 18.0. The Morgan fingerprint density at radius 2 is 1.67 bits per heavy atom. The van der Waals surface area contributed by atoms with Gasteiger partial charge in [-0.05, 0) is 134 Å². The molecule has 250 valence electrons. The molecule has 1 aromatic rings. The minimum atomic E-state index is -0.975. The second-order valence-electron chi connectivity index (χ2n) is 16.8. The zero-order chi connectivity index (χ0) is 32.2. The van der Waals surface area contributed by atoms with E-state index in [-0.39, 0.29) is 35.3 Å². The lowest BCUT2D eigenvalue weighted by Gasteiger charge is -2.69. The predicted octanol–water partition coefficient (Wildman–Crippen LogP) is 5.25. The maximum Gasteiger partial charge on any atom is 0.251 e. The Labute approximate surface area is 270 Å². The highest BCUT2D eigenvalue weighted by Crippen LogP contribution is 2.73. The lowest BCUT2D eigenvalue weighted by atomic mass is 9.36. The van der Waals surface area contributed by atoms with Crippen LogP contribution in [0.1, 0.15) is 114 Å². The van der Waals surface area contributed by atoms with Gasteiger partial charge in [-0.15, -0.1) is 0 Å². The van der Waals surface area contributed by atoms with Crippen LogP contribution in [0.3, 0.4) is 0 Å². The minimum Gasteiger partial charge on any atom is -0.394 e. The molecule has 5 fully saturated rings. The van der Waals surface area contributed by atoms with Crippen LogP contribution in [-0.4, -0.2) is 59.0 Å². The van der Waals surface area contributed by atoms with Gasteiger partial charge in [-0.2, -0.15) is 0 Å². The highest BCUT2D eigenvalue weighted by atomic mass is 16.3. The lowest BCUT2D eigenvalue weighted by molar-refractivity contribution is -0.214. The van der Waals surface area contributed by atoms with Gasteiger partial charge in [0.05, 0.1) is 24.2 Å². The summed E-state index contributed by atoms with van der Waals surface area (Å²) in [7, 11) is 0. The number of benzene rings is 1. The first-order chi connectivity index (χ1) is 21.4. The zero-order valence-corrected chi connectivity index (χ0v) is 28.1. The maximum atomic E-state index is 14.1. The van der Waals surface area contributed by atoms with Crippen molar-refractivity contribution in [3.05, 3.63) is 35.4 Å². The minimum absolute atomic E-state index is 0.00265. The summed E-state index contributed by atoms with van der Waals surface area (Å²) in [6.07, 6.45) is 12.1. The summed E-state index contributed by atoms with van der Waals surface area (Å²) in [6.45, 7) is 10.0. The van der Waals surface area contributed by atoms with E-state index in [0.29, 0.717) is 58.9 Å². The van der Waals surface area contributed by atoms with E-state index < -0.39 is 12.7 Å². The van der Waals surface area contributed by atoms with Gasteiger partial charge in [0.25, 0.3) is 5.91 Å².